The van der Waals surface area contributed by atoms with E-state index in [9.17, 15) is 5.11 Å². The van der Waals surface area contributed by atoms with Gasteiger partial charge in [-0.15, -0.1) is 0 Å². The number of benzene rings is 2. The monoisotopic (exact) mass is 519 g/mol. The molecule has 7 heteroatoms. The first-order valence-electron chi connectivity index (χ1n) is 12.4. The van der Waals surface area contributed by atoms with E-state index in [0.717, 1.165) is 38.0 Å². The number of phenolic OH excluding ortho intramolecular Hbond substituents is 1. The minimum Gasteiger partial charge on any atom is -0.507 e. The first-order valence-corrected chi connectivity index (χ1v) is 13.2. The third-order valence-electron chi connectivity index (χ3n) is 6.01. The first kappa shape index (κ1) is 25.5. The topological polar surface area (TPSA) is 84.7 Å². The van der Waals surface area contributed by atoms with Crippen LogP contribution in [-0.2, 0) is 5.41 Å². The Hall–Kier alpha value is -4.10. The quantitative estimate of drug-likeness (QED) is 0.258. The van der Waals surface area contributed by atoms with Crippen molar-refractivity contribution < 1.29 is 5.11 Å². The van der Waals surface area contributed by atoms with Crippen LogP contribution >= 0.6 is 11.8 Å². The van der Waals surface area contributed by atoms with Gasteiger partial charge in [-0.1, -0.05) is 50.7 Å². The molecule has 1 N–H and O–H groups in total. The van der Waals surface area contributed by atoms with E-state index in [1.807, 2.05) is 56.3 Å². The predicted octanol–water partition coefficient (Wildman–Crippen LogP) is 7.43. The van der Waals surface area contributed by atoms with Crippen LogP contribution in [0.3, 0.4) is 0 Å². The van der Waals surface area contributed by atoms with Gasteiger partial charge in [0.15, 0.2) is 17.5 Å². The van der Waals surface area contributed by atoms with Crippen molar-refractivity contribution in [1.29, 1.82) is 0 Å². The Kier molecular flexibility index (Phi) is 6.95. The molecule has 0 atom stereocenters. The molecule has 38 heavy (non-hydrogen) atoms. The van der Waals surface area contributed by atoms with Crippen molar-refractivity contribution in [3.63, 3.8) is 0 Å². The number of aromatic nitrogens is 5. The summed E-state index contributed by atoms with van der Waals surface area (Å²) in [6, 6.07) is 23.4. The SMILES string of the molecule is Cc1cc(-c2nc(-c3cc(Sc4ccccn4)cc(C(C)(C)C)c3)nc(-c3ccccc3O)n2)cc(C)n1. The summed E-state index contributed by atoms with van der Waals surface area (Å²) in [5.74, 6) is 1.60. The fraction of sp³-hybridized carbons (Fsp3) is 0.194. The molecular weight excluding hydrogens is 490 g/mol. The highest BCUT2D eigenvalue weighted by atomic mass is 32.2. The van der Waals surface area contributed by atoms with Gasteiger partial charge in [0.1, 0.15) is 10.8 Å². The van der Waals surface area contributed by atoms with Gasteiger partial charge in [0.25, 0.3) is 0 Å². The minimum atomic E-state index is -0.0921. The predicted molar refractivity (Wildman–Crippen MR) is 152 cm³/mol. The number of hydrogen-bond donors (Lipinski definition) is 1. The molecule has 5 aromatic rings. The van der Waals surface area contributed by atoms with Crippen LogP contribution in [0.2, 0.25) is 0 Å². The number of nitrogens with zero attached hydrogens (tertiary/aromatic N) is 5. The van der Waals surface area contributed by atoms with E-state index in [0.29, 0.717) is 23.0 Å². The van der Waals surface area contributed by atoms with E-state index in [1.165, 1.54) is 0 Å². The van der Waals surface area contributed by atoms with E-state index < -0.39 is 0 Å². The number of pyridine rings is 2. The summed E-state index contributed by atoms with van der Waals surface area (Å²) < 4.78 is 0. The van der Waals surface area contributed by atoms with Gasteiger partial charge in [-0.2, -0.15) is 0 Å². The second kappa shape index (κ2) is 10.3. The maximum Gasteiger partial charge on any atom is 0.167 e. The number of aromatic hydroxyl groups is 1. The van der Waals surface area contributed by atoms with Gasteiger partial charge in [-0.25, -0.2) is 19.9 Å². The molecular formula is C31H29N5OS. The van der Waals surface area contributed by atoms with Crippen LogP contribution < -0.4 is 0 Å². The maximum atomic E-state index is 10.6. The standard InChI is InChI=1S/C31H29N5OS/c1-19-14-21(15-20(2)33-19)28-34-29(36-30(35-28)25-10-6-7-11-26(25)37)22-16-23(31(3,4)5)18-24(17-22)38-27-12-8-9-13-32-27/h6-18,37H,1-5H3. The Labute approximate surface area is 227 Å². The van der Waals surface area contributed by atoms with Crippen molar-refractivity contribution in [3.05, 3.63) is 95.9 Å². The molecule has 0 aliphatic heterocycles. The Morgan fingerprint density at radius 3 is 1.95 bits per heavy atom. The molecule has 0 amide bonds. The van der Waals surface area contributed by atoms with Crippen molar-refractivity contribution in [3.8, 4) is 39.9 Å². The summed E-state index contributed by atoms with van der Waals surface area (Å²) in [6.07, 6.45) is 1.80. The van der Waals surface area contributed by atoms with Crippen molar-refractivity contribution in [1.82, 2.24) is 24.9 Å². The highest BCUT2D eigenvalue weighted by molar-refractivity contribution is 7.99. The Morgan fingerprint density at radius 2 is 1.32 bits per heavy atom. The van der Waals surface area contributed by atoms with Crippen molar-refractivity contribution >= 4 is 11.8 Å². The third kappa shape index (κ3) is 5.73. The fourth-order valence-corrected chi connectivity index (χ4v) is 5.00. The fourth-order valence-electron chi connectivity index (χ4n) is 4.13. The molecule has 6 nitrogen and oxygen atoms in total. The average Bonchev–Trinajstić information content (AvgIpc) is 2.88. The lowest BCUT2D eigenvalue weighted by Gasteiger charge is -2.21. The summed E-state index contributed by atoms with van der Waals surface area (Å²) in [4.78, 5) is 24.6. The van der Waals surface area contributed by atoms with Gasteiger partial charge in [0.05, 0.1) is 5.56 Å². The summed E-state index contributed by atoms with van der Waals surface area (Å²) in [7, 11) is 0. The molecule has 0 saturated heterocycles. The normalized spacial score (nSPS) is 11.5. The zero-order valence-corrected chi connectivity index (χ0v) is 22.9. The van der Waals surface area contributed by atoms with Crippen LogP contribution in [0.15, 0.2) is 88.9 Å². The number of aryl methyl sites for hydroxylation is 2. The summed E-state index contributed by atoms with van der Waals surface area (Å²) in [5, 5.41) is 11.5. The van der Waals surface area contributed by atoms with Crippen molar-refractivity contribution in [2.24, 2.45) is 0 Å². The van der Waals surface area contributed by atoms with Crippen LogP contribution in [0.1, 0.15) is 37.7 Å². The zero-order chi connectivity index (χ0) is 26.9. The highest BCUT2D eigenvalue weighted by Gasteiger charge is 2.20. The molecule has 0 radical (unpaired) electrons. The lowest BCUT2D eigenvalue weighted by atomic mass is 9.86. The maximum absolute atomic E-state index is 10.6. The molecule has 0 saturated carbocycles. The Morgan fingerprint density at radius 1 is 0.684 bits per heavy atom. The van der Waals surface area contributed by atoms with Crippen molar-refractivity contribution in [2.75, 3.05) is 0 Å². The zero-order valence-electron chi connectivity index (χ0n) is 22.1. The molecule has 3 heterocycles. The molecule has 2 aromatic carbocycles. The molecule has 0 aliphatic rings. The lowest BCUT2D eigenvalue weighted by molar-refractivity contribution is 0.477. The summed E-state index contributed by atoms with van der Waals surface area (Å²) >= 11 is 1.60. The van der Waals surface area contributed by atoms with Gasteiger partial charge in [0.2, 0.25) is 0 Å². The number of rotatable bonds is 5. The minimum absolute atomic E-state index is 0.0921. The van der Waals surface area contributed by atoms with E-state index in [2.05, 4.69) is 48.9 Å². The molecule has 0 fully saturated rings. The molecule has 0 aliphatic carbocycles. The summed E-state index contributed by atoms with van der Waals surface area (Å²) in [5.41, 5.74) is 5.12. The molecule has 5 rings (SSSR count). The van der Waals surface area contributed by atoms with E-state index in [-0.39, 0.29) is 11.2 Å². The molecule has 0 bridgehead atoms. The van der Waals surface area contributed by atoms with Crippen LogP contribution in [0.25, 0.3) is 34.2 Å². The van der Waals surface area contributed by atoms with Crippen LogP contribution in [-0.4, -0.2) is 30.0 Å². The van der Waals surface area contributed by atoms with E-state index in [4.69, 9.17) is 15.0 Å². The lowest BCUT2D eigenvalue weighted by Crippen LogP contribution is -2.11. The van der Waals surface area contributed by atoms with Gasteiger partial charge < -0.3 is 5.11 Å². The van der Waals surface area contributed by atoms with Crippen molar-refractivity contribution in [2.45, 2.75) is 50.0 Å². The second-order valence-electron chi connectivity index (χ2n) is 10.2. The molecule has 190 valence electrons. The van der Waals surface area contributed by atoms with Crippen LogP contribution in [0.5, 0.6) is 5.75 Å². The average molecular weight is 520 g/mol. The van der Waals surface area contributed by atoms with Gasteiger partial charge in [0, 0.05) is 33.6 Å². The number of hydrogen-bond acceptors (Lipinski definition) is 7. The largest absolute Gasteiger partial charge is 0.507 e. The van der Waals surface area contributed by atoms with Crippen LogP contribution in [0.4, 0.5) is 0 Å². The van der Waals surface area contributed by atoms with Gasteiger partial charge in [-0.05, 0) is 79.4 Å². The number of phenols is 1. The molecule has 0 spiro atoms. The summed E-state index contributed by atoms with van der Waals surface area (Å²) in [6.45, 7) is 10.5. The highest BCUT2D eigenvalue weighted by Crippen LogP contribution is 2.36. The third-order valence-corrected chi connectivity index (χ3v) is 6.93. The van der Waals surface area contributed by atoms with E-state index in [1.54, 1.807) is 30.1 Å². The Bertz CT molecular complexity index is 1590. The van der Waals surface area contributed by atoms with E-state index >= 15 is 0 Å². The second-order valence-corrected chi connectivity index (χ2v) is 11.3. The first-order chi connectivity index (χ1) is 18.2. The number of para-hydroxylation sites is 1. The molecule has 3 aromatic heterocycles. The van der Waals surface area contributed by atoms with Gasteiger partial charge in [-0.3, -0.25) is 4.98 Å². The Balaban J connectivity index is 1.72. The smallest absolute Gasteiger partial charge is 0.167 e. The molecule has 0 unspecified atom stereocenters. The van der Waals surface area contributed by atoms with Crippen LogP contribution in [0, 0.1) is 13.8 Å². The van der Waals surface area contributed by atoms with Gasteiger partial charge >= 0.3 is 0 Å².